The first kappa shape index (κ1) is 20.2. The van der Waals surface area contributed by atoms with E-state index in [4.69, 9.17) is 5.11 Å². The third-order valence-corrected chi connectivity index (χ3v) is 3.89. The third-order valence-electron chi connectivity index (χ3n) is 3.89. The molecule has 0 atom stereocenters. The summed E-state index contributed by atoms with van der Waals surface area (Å²) in [5, 5.41) is 14.5. The molecule has 27 heavy (non-hydrogen) atoms. The van der Waals surface area contributed by atoms with Gasteiger partial charge in [0.25, 0.3) is 0 Å². The Bertz CT molecular complexity index is 796. The molecule has 0 unspecified atom stereocenters. The summed E-state index contributed by atoms with van der Waals surface area (Å²) in [6, 6.07) is 13.5. The van der Waals surface area contributed by atoms with Gasteiger partial charge in [0.2, 0.25) is 11.8 Å². The monoisotopic (exact) mass is 368 g/mol. The molecule has 0 heterocycles. The quantitative estimate of drug-likeness (QED) is 0.657. The maximum absolute atomic E-state index is 12.1. The van der Waals surface area contributed by atoms with Crippen LogP contribution in [0.25, 0.3) is 0 Å². The van der Waals surface area contributed by atoms with Crippen LogP contribution in [-0.2, 0) is 16.0 Å². The van der Waals surface area contributed by atoms with Gasteiger partial charge in [0, 0.05) is 24.2 Å². The largest absolute Gasteiger partial charge is 0.478 e. The fourth-order valence-electron chi connectivity index (χ4n) is 2.52. The summed E-state index contributed by atoms with van der Waals surface area (Å²) in [6.45, 7) is 3.97. The van der Waals surface area contributed by atoms with Gasteiger partial charge in [-0.25, -0.2) is 4.79 Å². The summed E-state index contributed by atoms with van der Waals surface area (Å²) in [5.74, 6) is -0.836. The summed E-state index contributed by atoms with van der Waals surface area (Å²) in [5.41, 5.74) is 2.47. The maximum Gasteiger partial charge on any atom is 0.335 e. The number of anilines is 2. The number of rotatable bonds is 8. The minimum absolute atomic E-state index is 0.0318. The molecule has 2 rings (SSSR count). The number of aryl methyl sites for hydroxylation is 1. The van der Waals surface area contributed by atoms with Crippen molar-refractivity contribution >= 4 is 29.2 Å². The van der Waals surface area contributed by atoms with E-state index in [9.17, 15) is 14.4 Å². The molecule has 2 aromatic rings. The van der Waals surface area contributed by atoms with Crippen LogP contribution in [-0.4, -0.2) is 22.9 Å². The fourth-order valence-corrected chi connectivity index (χ4v) is 2.52. The molecule has 0 saturated heterocycles. The number of hydrogen-bond acceptors (Lipinski definition) is 3. The number of nitrogens with one attached hydrogen (secondary N) is 2. The van der Waals surface area contributed by atoms with Crippen LogP contribution in [0.1, 0.15) is 42.6 Å². The molecular weight excluding hydrogens is 344 g/mol. The predicted octanol–water partition coefficient (Wildman–Crippen LogP) is 3.94. The van der Waals surface area contributed by atoms with Gasteiger partial charge in [-0.1, -0.05) is 26.0 Å². The molecule has 0 aliphatic heterocycles. The van der Waals surface area contributed by atoms with Gasteiger partial charge in [0.05, 0.1) is 5.56 Å². The SMILES string of the molecule is CC(C)CC(=O)Nc1ccc(NC(=O)CCc2ccc(C(=O)O)cc2)cc1. The molecule has 0 aromatic heterocycles. The molecule has 142 valence electrons. The fraction of sp³-hybridized carbons (Fsp3) is 0.286. The van der Waals surface area contributed by atoms with Gasteiger partial charge in [-0.3, -0.25) is 9.59 Å². The lowest BCUT2D eigenvalue weighted by Gasteiger charge is -2.09. The van der Waals surface area contributed by atoms with Crippen molar-refractivity contribution in [3.63, 3.8) is 0 Å². The van der Waals surface area contributed by atoms with E-state index < -0.39 is 5.97 Å². The standard InChI is InChI=1S/C21H24N2O4/c1-14(2)13-20(25)23-18-10-8-17(9-11-18)22-19(24)12-5-15-3-6-16(7-4-15)21(26)27/h3-4,6-11,14H,5,12-13H2,1-2H3,(H,22,24)(H,23,25)(H,26,27). The Labute approximate surface area is 158 Å². The smallest absolute Gasteiger partial charge is 0.335 e. The van der Waals surface area contributed by atoms with Crippen molar-refractivity contribution < 1.29 is 19.5 Å². The van der Waals surface area contributed by atoms with Gasteiger partial charge in [-0.05, 0) is 54.3 Å². The molecule has 3 N–H and O–H groups in total. The van der Waals surface area contributed by atoms with Gasteiger partial charge in [-0.15, -0.1) is 0 Å². The number of amides is 2. The van der Waals surface area contributed by atoms with Crippen LogP contribution < -0.4 is 10.6 Å². The molecule has 0 aliphatic carbocycles. The van der Waals surface area contributed by atoms with Crippen LogP contribution in [0.3, 0.4) is 0 Å². The zero-order chi connectivity index (χ0) is 19.8. The van der Waals surface area contributed by atoms with Gasteiger partial charge >= 0.3 is 5.97 Å². The summed E-state index contributed by atoms with van der Waals surface area (Å²) >= 11 is 0. The number of carbonyl (C=O) groups excluding carboxylic acids is 2. The highest BCUT2D eigenvalue weighted by atomic mass is 16.4. The van der Waals surface area contributed by atoms with Crippen molar-refractivity contribution in [2.24, 2.45) is 5.92 Å². The Balaban J connectivity index is 1.81. The van der Waals surface area contributed by atoms with E-state index in [1.54, 1.807) is 36.4 Å². The molecule has 2 aromatic carbocycles. The van der Waals surface area contributed by atoms with E-state index >= 15 is 0 Å². The number of benzene rings is 2. The summed E-state index contributed by atoms with van der Waals surface area (Å²) < 4.78 is 0. The average molecular weight is 368 g/mol. The van der Waals surface area contributed by atoms with E-state index in [0.717, 1.165) is 5.56 Å². The second-order valence-electron chi connectivity index (χ2n) is 6.77. The second-order valence-corrected chi connectivity index (χ2v) is 6.77. The molecule has 0 bridgehead atoms. The van der Waals surface area contributed by atoms with Crippen LogP contribution in [0, 0.1) is 5.92 Å². The molecule has 6 nitrogen and oxygen atoms in total. The Morgan fingerprint density at radius 3 is 1.85 bits per heavy atom. The Kier molecular flexibility index (Phi) is 7.11. The minimum Gasteiger partial charge on any atom is -0.478 e. The molecule has 0 spiro atoms. The van der Waals surface area contributed by atoms with Crippen molar-refractivity contribution in [2.45, 2.75) is 33.1 Å². The molecule has 0 radical (unpaired) electrons. The highest BCUT2D eigenvalue weighted by Crippen LogP contribution is 2.15. The Hall–Kier alpha value is -3.15. The molecule has 0 saturated carbocycles. The van der Waals surface area contributed by atoms with E-state index in [1.165, 1.54) is 12.1 Å². The van der Waals surface area contributed by atoms with Crippen LogP contribution in [0.15, 0.2) is 48.5 Å². The lowest BCUT2D eigenvalue weighted by molar-refractivity contribution is -0.117. The van der Waals surface area contributed by atoms with Gasteiger partial charge in [-0.2, -0.15) is 0 Å². The van der Waals surface area contributed by atoms with Crippen molar-refractivity contribution in [1.82, 2.24) is 0 Å². The van der Waals surface area contributed by atoms with Crippen molar-refractivity contribution in [1.29, 1.82) is 0 Å². The van der Waals surface area contributed by atoms with E-state index in [1.807, 2.05) is 13.8 Å². The van der Waals surface area contributed by atoms with Gasteiger partial charge in [0.1, 0.15) is 0 Å². The van der Waals surface area contributed by atoms with Crippen molar-refractivity contribution in [3.05, 3.63) is 59.7 Å². The van der Waals surface area contributed by atoms with Crippen molar-refractivity contribution in [3.8, 4) is 0 Å². The van der Waals surface area contributed by atoms with E-state index in [2.05, 4.69) is 10.6 Å². The lowest BCUT2D eigenvalue weighted by atomic mass is 10.1. The first-order chi connectivity index (χ1) is 12.8. The molecule has 2 amide bonds. The highest BCUT2D eigenvalue weighted by Gasteiger charge is 2.07. The van der Waals surface area contributed by atoms with E-state index in [-0.39, 0.29) is 17.4 Å². The zero-order valence-corrected chi connectivity index (χ0v) is 15.5. The van der Waals surface area contributed by atoms with Gasteiger partial charge < -0.3 is 15.7 Å². The number of carbonyl (C=O) groups is 3. The van der Waals surface area contributed by atoms with Crippen LogP contribution in [0.4, 0.5) is 11.4 Å². The number of carboxylic acids is 1. The molecule has 6 heteroatoms. The number of carboxylic acid groups (broad SMARTS) is 1. The summed E-state index contributed by atoms with van der Waals surface area (Å²) in [7, 11) is 0. The average Bonchev–Trinajstić information content (AvgIpc) is 2.61. The van der Waals surface area contributed by atoms with Crippen LogP contribution >= 0.6 is 0 Å². The van der Waals surface area contributed by atoms with E-state index in [0.29, 0.717) is 36.6 Å². The lowest BCUT2D eigenvalue weighted by Crippen LogP contribution is -2.14. The molecular formula is C21H24N2O4. The Morgan fingerprint density at radius 2 is 1.37 bits per heavy atom. The normalized spacial score (nSPS) is 10.5. The number of hydrogen-bond donors (Lipinski definition) is 3. The molecule has 0 fully saturated rings. The van der Waals surface area contributed by atoms with Crippen LogP contribution in [0.2, 0.25) is 0 Å². The first-order valence-electron chi connectivity index (χ1n) is 8.85. The van der Waals surface area contributed by atoms with Crippen molar-refractivity contribution in [2.75, 3.05) is 10.6 Å². The van der Waals surface area contributed by atoms with Crippen LogP contribution in [0.5, 0.6) is 0 Å². The summed E-state index contributed by atoms with van der Waals surface area (Å²) in [4.78, 5) is 34.6. The third kappa shape index (κ3) is 6.93. The summed E-state index contributed by atoms with van der Waals surface area (Å²) in [6.07, 6.45) is 1.28. The van der Waals surface area contributed by atoms with Gasteiger partial charge in [0.15, 0.2) is 0 Å². The molecule has 0 aliphatic rings. The maximum atomic E-state index is 12.1. The Morgan fingerprint density at radius 1 is 0.852 bits per heavy atom. The minimum atomic E-state index is -0.969. The topological polar surface area (TPSA) is 95.5 Å². The highest BCUT2D eigenvalue weighted by molar-refractivity contribution is 5.93. The predicted molar refractivity (Wildman–Crippen MR) is 105 cm³/mol. The number of aromatic carboxylic acids is 1. The second kappa shape index (κ2) is 9.52. The first-order valence-corrected chi connectivity index (χ1v) is 8.85. The zero-order valence-electron chi connectivity index (χ0n) is 15.5.